The third-order valence-corrected chi connectivity index (χ3v) is 4.39. The number of benzene rings is 2. The molecule has 3 nitrogen and oxygen atoms in total. The Morgan fingerprint density at radius 3 is 2.76 bits per heavy atom. The van der Waals surface area contributed by atoms with Crippen LogP contribution in [0.2, 0.25) is 0 Å². The van der Waals surface area contributed by atoms with E-state index in [1.54, 1.807) is 6.07 Å². The maximum absolute atomic E-state index is 12.3. The third kappa shape index (κ3) is 2.72. The van der Waals surface area contributed by atoms with Gasteiger partial charge in [-0.25, -0.2) is 0 Å². The molecule has 3 rings (SSSR count). The first-order valence-corrected chi connectivity index (χ1v) is 7.40. The average Bonchev–Trinajstić information content (AvgIpc) is 2.87. The van der Waals surface area contributed by atoms with Gasteiger partial charge in [0.1, 0.15) is 5.58 Å². The molecule has 21 heavy (non-hydrogen) atoms. The number of furan rings is 1. The minimum absolute atomic E-state index is 0.254. The van der Waals surface area contributed by atoms with E-state index in [2.05, 4.69) is 21.2 Å². The Hall–Kier alpha value is -2.07. The number of rotatable bonds is 2. The van der Waals surface area contributed by atoms with Gasteiger partial charge in [0.25, 0.3) is 5.91 Å². The van der Waals surface area contributed by atoms with Crippen LogP contribution in [0.1, 0.15) is 21.7 Å². The maximum Gasteiger partial charge on any atom is 0.291 e. The SMILES string of the molecule is Cc1ccc2oc(C(=O)Nc3cccc(C)c3Br)cc2c1. The molecule has 2 aromatic carbocycles. The number of hydrogen-bond donors (Lipinski definition) is 1. The lowest BCUT2D eigenvalue weighted by molar-refractivity contribution is 0.0998. The Balaban J connectivity index is 1.91. The number of hydrogen-bond acceptors (Lipinski definition) is 2. The van der Waals surface area contributed by atoms with Gasteiger partial charge in [-0.15, -0.1) is 0 Å². The number of amides is 1. The number of carbonyl (C=O) groups excluding carboxylic acids is 1. The average molecular weight is 344 g/mol. The van der Waals surface area contributed by atoms with E-state index in [0.29, 0.717) is 11.3 Å². The molecule has 0 aliphatic carbocycles. The molecular formula is C17H14BrNO2. The van der Waals surface area contributed by atoms with Crippen LogP contribution >= 0.6 is 15.9 Å². The minimum Gasteiger partial charge on any atom is -0.451 e. The fourth-order valence-electron chi connectivity index (χ4n) is 2.20. The van der Waals surface area contributed by atoms with E-state index in [0.717, 1.165) is 26.7 Å². The normalized spacial score (nSPS) is 10.8. The molecule has 4 heteroatoms. The Bertz CT molecular complexity index is 836. The lowest BCUT2D eigenvalue weighted by Crippen LogP contribution is -2.11. The van der Waals surface area contributed by atoms with Crippen molar-refractivity contribution in [1.82, 2.24) is 0 Å². The van der Waals surface area contributed by atoms with E-state index in [9.17, 15) is 4.79 Å². The summed E-state index contributed by atoms with van der Waals surface area (Å²) in [6.45, 7) is 3.99. The fourth-order valence-corrected chi connectivity index (χ4v) is 2.57. The number of nitrogens with one attached hydrogen (secondary N) is 1. The van der Waals surface area contributed by atoms with Crippen LogP contribution in [0.15, 0.2) is 51.4 Å². The molecule has 1 N–H and O–H groups in total. The van der Waals surface area contributed by atoms with Crippen LogP contribution in [0, 0.1) is 13.8 Å². The van der Waals surface area contributed by atoms with Gasteiger partial charge in [-0.1, -0.05) is 23.8 Å². The Kier molecular flexibility index (Phi) is 3.55. The van der Waals surface area contributed by atoms with Gasteiger partial charge in [-0.3, -0.25) is 4.79 Å². The highest BCUT2D eigenvalue weighted by Gasteiger charge is 2.14. The summed E-state index contributed by atoms with van der Waals surface area (Å²) in [5, 5.41) is 3.80. The number of carbonyl (C=O) groups is 1. The summed E-state index contributed by atoms with van der Waals surface area (Å²) < 4.78 is 6.48. The summed E-state index contributed by atoms with van der Waals surface area (Å²) in [6, 6.07) is 13.3. The van der Waals surface area contributed by atoms with Crippen molar-refractivity contribution in [1.29, 1.82) is 0 Å². The quantitative estimate of drug-likeness (QED) is 0.706. The molecule has 3 aromatic rings. The van der Waals surface area contributed by atoms with Crippen molar-refractivity contribution in [2.24, 2.45) is 0 Å². The molecule has 1 heterocycles. The van der Waals surface area contributed by atoms with Crippen molar-refractivity contribution in [3.05, 3.63) is 63.8 Å². The monoisotopic (exact) mass is 343 g/mol. The lowest BCUT2D eigenvalue weighted by atomic mass is 10.2. The Morgan fingerprint density at radius 1 is 1.14 bits per heavy atom. The van der Waals surface area contributed by atoms with Gasteiger partial charge >= 0.3 is 0 Å². The molecule has 0 saturated heterocycles. The fraction of sp³-hybridized carbons (Fsp3) is 0.118. The summed E-state index contributed by atoms with van der Waals surface area (Å²) >= 11 is 3.48. The van der Waals surface area contributed by atoms with E-state index < -0.39 is 0 Å². The molecule has 0 radical (unpaired) electrons. The predicted octanol–water partition coefficient (Wildman–Crippen LogP) is 5.06. The van der Waals surface area contributed by atoms with Crippen LogP contribution in [-0.2, 0) is 0 Å². The minimum atomic E-state index is -0.254. The Labute approximate surface area is 131 Å². The second-order valence-corrected chi connectivity index (χ2v) is 5.84. The van der Waals surface area contributed by atoms with E-state index in [4.69, 9.17) is 4.42 Å². The van der Waals surface area contributed by atoms with Crippen LogP contribution < -0.4 is 5.32 Å². The second kappa shape index (κ2) is 5.37. The van der Waals surface area contributed by atoms with Crippen LogP contribution in [0.5, 0.6) is 0 Å². The molecule has 0 bridgehead atoms. The van der Waals surface area contributed by atoms with Gasteiger partial charge < -0.3 is 9.73 Å². The molecular weight excluding hydrogens is 330 g/mol. The van der Waals surface area contributed by atoms with Crippen LogP contribution in [-0.4, -0.2) is 5.91 Å². The molecule has 106 valence electrons. The summed E-state index contributed by atoms with van der Waals surface area (Å²) in [5.74, 6) is 0.0548. The number of aryl methyl sites for hydroxylation is 2. The van der Waals surface area contributed by atoms with Crippen LogP contribution in [0.25, 0.3) is 11.0 Å². The topological polar surface area (TPSA) is 42.2 Å². The summed E-state index contributed by atoms with van der Waals surface area (Å²) in [6.07, 6.45) is 0. The Morgan fingerprint density at radius 2 is 1.95 bits per heavy atom. The third-order valence-electron chi connectivity index (χ3n) is 3.34. The van der Waals surface area contributed by atoms with Crippen molar-refractivity contribution in [2.45, 2.75) is 13.8 Å². The van der Waals surface area contributed by atoms with Crippen molar-refractivity contribution >= 4 is 38.5 Å². The van der Waals surface area contributed by atoms with Gasteiger partial charge in [-0.2, -0.15) is 0 Å². The lowest BCUT2D eigenvalue weighted by Gasteiger charge is -2.07. The van der Waals surface area contributed by atoms with E-state index >= 15 is 0 Å². The maximum atomic E-state index is 12.3. The van der Waals surface area contributed by atoms with E-state index in [1.807, 2.05) is 50.2 Å². The first-order valence-electron chi connectivity index (χ1n) is 6.61. The molecule has 0 aliphatic rings. The van der Waals surface area contributed by atoms with Gasteiger partial charge in [0, 0.05) is 9.86 Å². The highest BCUT2D eigenvalue weighted by atomic mass is 79.9. The molecule has 1 amide bonds. The molecule has 1 aromatic heterocycles. The van der Waals surface area contributed by atoms with E-state index in [1.165, 1.54) is 0 Å². The zero-order valence-corrected chi connectivity index (χ0v) is 13.3. The van der Waals surface area contributed by atoms with Crippen molar-refractivity contribution in [3.63, 3.8) is 0 Å². The molecule has 0 saturated carbocycles. The number of fused-ring (bicyclic) bond motifs is 1. The van der Waals surface area contributed by atoms with Gasteiger partial charge in [0.15, 0.2) is 5.76 Å². The molecule has 0 aliphatic heterocycles. The standard InChI is InChI=1S/C17H14BrNO2/c1-10-6-7-14-12(8-10)9-15(21-14)17(20)19-13-5-3-4-11(2)16(13)18/h3-9H,1-2H3,(H,19,20). The van der Waals surface area contributed by atoms with Gasteiger partial charge in [-0.05, 0) is 59.6 Å². The first kappa shape index (κ1) is 13.9. The van der Waals surface area contributed by atoms with Gasteiger partial charge in [0.2, 0.25) is 0 Å². The number of anilines is 1. The van der Waals surface area contributed by atoms with E-state index in [-0.39, 0.29) is 5.91 Å². The zero-order chi connectivity index (χ0) is 15.0. The summed E-state index contributed by atoms with van der Waals surface area (Å²) in [5.41, 5.74) is 3.65. The highest BCUT2D eigenvalue weighted by molar-refractivity contribution is 9.10. The molecule has 0 fully saturated rings. The smallest absolute Gasteiger partial charge is 0.291 e. The van der Waals surface area contributed by atoms with Crippen molar-refractivity contribution in [2.75, 3.05) is 5.32 Å². The molecule has 0 unspecified atom stereocenters. The van der Waals surface area contributed by atoms with Gasteiger partial charge in [0.05, 0.1) is 5.69 Å². The summed E-state index contributed by atoms with van der Waals surface area (Å²) in [4.78, 5) is 12.3. The highest BCUT2D eigenvalue weighted by Crippen LogP contribution is 2.27. The van der Waals surface area contributed by atoms with Crippen LogP contribution in [0.3, 0.4) is 0 Å². The molecule has 0 atom stereocenters. The first-order chi connectivity index (χ1) is 10.0. The predicted molar refractivity (Wildman–Crippen MR) is 87.8 cm³/mol. The zero-order valence-electron chi connectivity index (χ0n) is 11.7. The van der Waals surface area contributed by atoms with Crippen molar-refractivity contribution in [3.8, 4) is 0 Å². The second-order valence-electron chi connectivity index (χ2n) is 5.04. The number of halogens is 1. The summed E-state index contributed by atoms with van der Waals surface area (Å²) in [7, 11) is 0. The van der Waals surface area contributed by atoms with Crippen molar-refractivity contribution < 1.29 is 9.21 Å². The largest absolute Gasteiger partial charge is 0.451 e. The molecule has 0 spiro atoms. The van der Waals surface area contributed by atoms with Crippen LogP contribution in [0.4, 0.5) is 5.69 Å².